The predicted octanol–water partition coefficient (Wildman–Crippen LogP) is 0.451. The van der Waals surface area contributed by atoms with E-state index in [-0.39, 0.29) is 5.70 Å². The Balaban J connectivity index is 2.86. The summed E-state index contributed by atoms with van der Waals surface area (Å²) in [5.41, 5.74) is -0.232. The second kappa shape index (κ2) is 4.10. The van der Waals surface area contributed by atoms with E-state index in [4.69, 9.17) is 9.52 Å². The minimum Gasteiger partial charge on any atom is -0.477 e. The number of carboxylic acid groups (broad SMARTS) is 1. The van der Waals surface area contributed by atoms with Crippen molar-refractivity contribution < 1.29 is 19.1 Å². The molecule has 0 fully saturated rings. The Hall–Kier alpha value is -2.04. The Morgan fingerprint density at radius 2 is 2.38 bits per heavy atom. The molecule has 0 aromatic carbocycles. The fraction of sp³-hybridized carbons (Fsp3) is 0. The molecule has 0 saturated carbocycles. The molecule has 68 valence electrons. The SMILES string of the molecule is O=CN/C(=C\c1ccco1)C(=O)O. The van der Waals surface area contributed by atoms with Gasteiger partial charge in [0, 0.05) is 6.08 Å². The highest BCUT2D eigenvalue weighted by Crippen LogP contribution is 2.05. The van der Waals surface area contributed by atoms with Crippen LogP contribution >= 0.6 is 0 Å². The van der Waals surface area contributed by atoms with Gasteiger partial charge < -0.3 is 14.8 Å². The summed E-state index contributed by atoms with van der Waals surface area (Å²) < 4.78 is 4.86. The van der Waals surface area contributed by atoms with Crippen LogP contribution in [0.4, 0.5) is 0 Å². The molecule has 0 atom stereocenters. The molecule has 0 aliphatic rings. The van der Waals surface area contributed by atoms with Crippen LogP contribution in [0.25, 0.3) is 6.08 Å². The molecule has 5 nitrogen and oxygen atoms in total. The van der Waals surface area contributed by atoms with E-state index in [0.717, 1.165) is 0 Å². The number of furan rings is 1. The van der Waals surface area contributed by atoms with E-state index in [1.54, 1.807) is 12.1 Å². The van der Waals surface area contributed by atoms with Gasteiger partial charge in [0.2, 0.25) is 6.41 Å². The van der Waals surface area contributed by atoms with Crippen molar-refractivity contribution in [2.75, 3.05) is 0 Å². The van der Waals surface area contributed by atoms with E-state index in [2.05, 4.69) is 0 Å². The summed E-state index contributed by atoms with van der Waals surface area (Å²) in [6.45, 7) is 0. The van der Waals surface area contributed by atoms with E-state index in [9.17, 15) is 9.59 Å². The van der Waals surface area contributed by atoms with Crippen molar-refractivity contribution in [3.63, 3.8) is 0 Å². The van der Waals surface area contributed by atoms with Gasteiger partial charge in [0.25, 0.3) is 0 Å². The third-order valence-corrected chi connectivity index (χ3v) is 1.27. The van der Waals surface area contributed by atoms with E-state index in [1.165, 1.54) is 12.3 Å². The van der Waals surface area contributed by atoms with E-state index < -0.39 is 5.97 Å². The van der Waals surface area contributed by atoms with Crippen LogP contribution in [0.3, 0.4) is 0 Å². The first-order valence-electron chi connectivity index (χ1n) is 3.42. The highest BCUT2D eigenvalue weighted by molar-refractivity contribution is 5.93. The topological polar surface area (TPSA) is 79.5 Å². The molecule has 0 aliphatic heterocycles. The van der Waals surface area contributed by atoms with Crippen LogP contribution in [0.1, 0.15) is 5.76 Å². The van der Waals surface area contributed by atoms with E-state index in [0.29, 0.717) is 12.2 Å². The smallest absolute Gasteiger partial charge is 0.352 e. The fourth-order valence-electron chi connectivity index (χ4n) is 0.744. The Kier molecular flexibility index (Phi) is 2.86. The monoisotopic (exact) mass is 181 g/mol. The number of hydrogen-bond donors (Lipinski definition) is 2. The van der Waals surface area contributed by atoms with Crippen molar-refractivity contribution in [3.8, 4) is 0 Å². The van der Waals surface area contributed by atoms with E-state index in [1.807, 2.05) is 5.32 Å². The summed E-state index contributed by atoms with van der Waals surface area (Å²) in [7, 11) is 0. The van der Waals surface area contributed by atoms with Crippen LogP contribution in [0.15, 0.2) is 28.5 Å². The normalized spacial score (nSPS) is 10.9. The molecule has 0 bridgehead atoms. The van der Waals surface area contributed by atoms with Gasteiger partial charge >= 0.3 is 5.97 Å². The molecule has 0 aliphatic carbocycles. The number of amides is 1. The molecule has 0 saturated heterocycles. The number of nitrogens with one attached hydrogen (secondary N) is 1. The van der Waals surface area contributed by atoms with Crippen molar-refractivity contribution >= 4 is 18.5 Å². The molecule has 0 unspecified atom stereocenters. The number of carboxylic acids is 1. The molecule has 13 heavy (non-hydrogen) atoms. The lowest BCUT2D eigenvalue weighted by Crippen LogP contribution is -2.17. The molecule has 2 N–H and O–H groups in total. The molecule has 0 spiro atoms. The second-order valence-corrected chi connectivity index (χ2v) is 2.14. The van der Waals surface area contributed by atoms with Crippen molar-refractivity contribution in [2.24, 2.45) is 0 Å². The molecule has 1 heterocycles. The van der Waals surface area contributed by atoms with Gasteiger partial charge in [-0.15, -0.1) is 0 Å². The first-order chi connectivity index (χ1) is 6.24. The zero-order valence-corrected chi connectivity index (χ0v) is 6.56. The van der Waals surface area contributed by atoms with Crippen molar-refractivity contribution in [3.05, 3.63) is 29.9 Å². The highest BCUT2D eigenvalue weighted by Gasteiger charge is 2.06. The van der Waals surface area contributed by atoms with Crippen LogP contribution in [0, 0.1) is 0 Å². The predicted molar refractivity (Wildman–Crippen MR) is 43.5 cm³/mol. The fourth-order valence-corrected chi connectivity index (χ4v) is 0.744. The third kappa shape index (κ3) is 2.48. The van der Waals surface area contributed by atoms with Gasteiger partial charge in [0.05, 0.1) is 6.26 Å². The van der Waals surface area contributed by atoms with Crippen LogP contribution in [-0.4, -0.2) is 17.5 Å². The maximum Gasteiger partial charge on any atom is 0.352 e. The molecule has 1 amide bonds. The summed E-state index contributed by atoms with van der Waals surface area (Å²) >= 11 is 0. The molecular weight excluding hydrogens is 174 g/mol. The van der Waals surface area contributed by atoms with Gasteiger partial charge in [0.15, 0.2) is 0 Å². The number of carbonyl (C=O) groups excluding carboxylic acids is 1. The van der Waals surface area contributed by atoms with Crippen LogP contribution < -0.4 is 5.32 Å². The summed E-state index contributed by atoms with van der Waals surface area (Å²) in [4.78, 5) is 20.5. The molecular formula is C8H7NO4. The Bertz CT molecular complexity index is 326. The Morgan fingerprint density at radius 1 is 1.62 bits per heavy atom. The number of hydrogen-bond acceptors (Lipinski definition) is 3. The Labute approximate surface area is 73.7 Å². The maximum atomic E-state index is 10.5. The first kappa shape index (κ1) is 9.05. The lowest BCUT2D eigenvalue weighted by molar-refractivity contribution is -0.133. The molecule has 1 aromatic rings. The van der Waals surface area contributed by atoms with Crippen molar-refractivity contribution in [1.29, 1.82) is 0 Å². The summed E-state index contributed by atoms with van der Waals surface area (Å²) in [6.07, 6.45) is 2.92. The van der Waals surface area contributed by atoms with Crippen molar-refractivity contribution in [2.45, 2.75) is 0 Å². The zero-order chi connectivity index (χ0) is 9.68. The lowest BCUT2D eigenvalue weighted by Gasteiger charge is -1.96. The highest BCUT2D eigenvalue weighted by atomic mass is 16.4. The Morgan fingerprint density at radius 3 is 2.85 bits per heavy atom. The lowest BCUT2D eigenvalue weighted by atomic mass is 10.3. The minimum atomic E-state index is -1.22. The van der Waals surface area contributed by atoms with Crippen molar-refractivity contribution in [1.82, 2.24) is 5.32 Å². The van der Waals surface area contributed by atoms with Gasteiger partial charge in [-0.05, 0) is 12.1 Å². The van der Waals surface area contributed by atoms with Gasteiger partial charge in [0.1, 0.15) is 11.5 Å². The summed E-state index contributed by atoms with van der Waals surface area (Å²) in [5.74, 6) is -0.852. The van der Waals surface area contributed by atoms with Gasteiger partial charge in [-0.25, -0.2) is 4.79 Å². The number of rotatable bonds is 4. The quantitative estimate of drug-likeness (QED) is 0.522. The standard InChI is InChI=1S/C8H7NO4/c10-5-9-7(8(11)12)4-6-2-1-3-13-6/h1-5H,(H,9,10)(H,11,12)/b7-4-. The third-order valence-electron chi connectivity index (χ3n) is 1.27. The number of aliphatic carboxylic acids is 1. The van der Waals surface area contributed by atoms with Crippen LogP contribution in [0.5, 0.6) is 0 Å². The molecule has 1 rings (SSSR count). The first-order valence-corrected chi connectivity index (χ1v) is 3.42. The van der Waals surface area contributed by atoms with Gasteiger partial charge in [-0.1, -0.05) is 0 Å². The number of carbonyl (C=O) groups is 2. The van der Waals surface area contributed by atoms with Crippen LogP contribution in [0.2, 0.25) is 0 Å². The second-order valence-electron chi connectivity index (χ2n) is 2.14. The maximum absolute atomic E-state index is 10.5. The molecule has 1 aromatic heterocycles. The molecule has 0 radical (unpaired) electrons. The summed E-state index contributed by atoms with van der Waals surface area (Å²) in [5, 5.41) is 10.6. The van der Waals surface area contributed by atoms with E-state index >= 15 is 0 Å². The molecule has 5 heteroatoms. The summed E-state index contributed by atoms with van der Waals surface area (Å²) in [6, 6.07) is 3.20. The zero-order valence-electron chi connectivity index (χ0n) is 6.56. The largest absolute Gasteiger partial charge is 0.477 e. The average molecular weight is 181 g/mol. The average Bonchev–Trinajstić information content (AvgIpc) is 2.56. The van der Waals surface area contributed by atoms with Crippen LogP contribution in [-0.2, 0) is 9.59 Å². The minimum absolute atomic E-state index is 0.232. The van der Waals surface area contributed by atoms with Gasteiger partial charge in [-0.3, -0.25) is 4.79 Å². The van der Waals surface area contributed by atoms with Gasteiger partial charge in [-0.2, -0.15) is 0 Å².